The van der Waals surface area contributed by atoms with Crippen LogP contribution in [0.2, 0.25) is 19.6 Å². The second-order valence-electron chi connectivity index (χ2n) is 4.63. The van der Waals surface area contributed by atoms with E-state index in [2.05, 4.69) is 12.6 Å². The highest BCUT2D eigenvalue weighted by Gasteiger charge is 2.18. The standard InChI is InChI=1S/C11H19NO3Si/c1-9(2)11(13)14-7-10(6-12)8-15-16(3,4)5/h10H,1,7-8H2,2-5H3. The molecule has 0 rings (SSSR count). The van der Waals surface area contributed by atoms with Crippen molar-refractivity contribution in [2.24, 2.45) is 5.92 Å². The number of carbonyl (C=O) groups excluding carboxylic acids is 1. The molecule has 5 heteroatoms. The van der Waals surface area contributed by atoms with E-state index in [0.29, 0.717) is 12.2 Å². The van der Waals surface area contributed by atoms with Crippen LogP contribution in [0.1, 0.15) is 6.92 Å². The van der Waals surface area contributed by atoms with Gasteiger partial charge in [0, 0.05) is 5.57 Å². The van der Waals surface area contributed by atoms with E-state index < -0.39 is 20.2 Å². The molecule has 0 saturated carbocycles. The van der Waals surface area contributed by atoms with Crippen molar-refractivity contribution in [3.05, 3.63) is 12.2 Å². The lowest BCUT2D eigenvalue weighted by Crippen LogP contribution is -2.29. The molecular weight excluding hydrogens is 222 g/mol. The van der Waals surface area contributed by atoms with Gasteiger partial charge in [0.2, 0.25) is 0 Å². The molecule has 0 N–H and O–H groups in total. The van der Waals surface area contributed by atoms with E-state index in [1.165, 1.54) is 0 Å². The van der Waals surface area contributed by atoms with Gasteiger partial charge in [0.1, 0.15) is 12.5 Å². The minimum absolute atomic E-state index is 0.0622. The van der Waals surface area contributed by atoms with Crippen LogP contribution in [0.15, 0.2) is 12.2 Å². The molecule has 16 heavy (non-hydrogen) atoms. The zero-order valence-corrected chi connectivity index (χ0v) is 11.4. The number of hydrogen-bond donors (Lipinski definition) is 0. The van der Waals surface area contributed by atoms with Crippen LogP contribution in [0.25, 0.3) is 0 Å². The Kier molecular flexibility index (Phi) is 6.00. The quantitative estimate of drug-likeness (QED) is 0.406. The van der Waals surface area contributed by atoms with Gasteiger partial charge in [-0.1, -0.05) is 6.58 Å². The molecule has 1 unspecified atom stereocenters. The Morgan fingerprint density at radius 3 is 2.38 bits per heavy atom. The molecule has 0 spiro atoms. The normalized spacial score (nSPS) is 12.7. The van der Waals surface area contributed by atoms with Crippen LogP contribution in [0.3, 0.4) is 0 Å². The van der Waals surface area contributed by atoms with Crippen molar-refractivity contribution in [1.82, 2.24) is 0 Å². The summed E-state index contributed by atoms with van der Waals surface area (Å²) >= 11 is 0. The average Bonchev–Trinajstić information content (AvgIpc) is 2.15. The molecule has 0 aliphatic rings. The molecule has 0 saturated heterocycles. The molecule has 4 nitrogen and oxygen atoms in total. The molecule has 0 amide bonds. The minimum atomic E-state index is -1.62. The van der Waals surface area contributed by atoms with E-state index in [-0.39, 0.29) is 6.61 Å². The van der Waals surface area contributed by atoms with Gasteiger partial charge in [0.25, 0.3) is 0 Å². The van der Waals surface area contributed by atoms with Crippen molar-refractivity contribution in [1.29, 1.82) is 5.26 Å². The maximum absolute atomic E-state index is 11.1. The van der Waals surface area contributed by atoms with E-state index in [9.17, 15) is 4.79 Å². The van der Waals surface area contributed by atoms with Gasteiger partial charge in [-0.2, -0.15) is 5.26 Å². The van der Waals surface area contributed by atoms with Crippen LogP contribution in [-0.4, -0.2) is 27.5 Å². The van der Waals surface area contributed by atoms with Crippen LogP contribution in [0, 0.1) is 17.2 Å². The number of hydrogen-bond acceptors (Lipinski definition) is 4. The number of ether oxygens (including phenoxy) is 1. The van der Waals surface area contributed by atoms with Crippen LogP contribution >= 0.6 is 0 Å². The Balaban J connectivity index is 3.99. The number of carbonyl (C=O) groups is 1. The highest BCUT2D eigenvalue weighted by molar-refractivity contribution is 6.69. The van der Waals surface area contributed by atoms with Crippen molar-refractivity contribution in [2.45, 2.75) is 26.6 Å². The predicted octanol–water partition coefficient (Wildman–Crippen LogP) is 2.10. The Hall–Kier alpha value is -1.12. The molecule has 90 valence electrons. The monoisotopic (exact) mass is 241 g/mol. The Morgan fingerprint density at radius 1 is 1.44 bits per heavy atom. The lowest BCUT2D eigenvalue weighted by molar-refractivity contribution is -0.139. The van der Waals surface area contributed by atoms with Gasteiger partial charge < -0.3 is 9.16 Å². The fourth-order valence-corrected chi connectivity index (χ4v) is 1.47. The summed E-state index contributed by atoms with van der Waals surface area (Å²) in [6.45, 7) is 11.5. The number of esters is 1. The molecule has 1 atom stereocenters. The first-order valence-electron chi connectivity index (χ1n) is 5.12. The second kappa shape index (κ2) is 6.46. The highest BCUT2D eigenvalue weighted by Crippen LogP contribution is 2.07. The largest absolute Gasteiger partial charge is 0.461 e. The maximum Gasteiger partial charge on any atom is 0.333 e. The van der Waals surface area contributed by atoms with Gasteiger partial charge in [-0.25, -0.2) is 4.79 Å². The van der Waals surface area contributed by atoms with Crippen molar-refractivity contribution in [3.8, 4) is 6.07 Å². The molecule has 0 bridgehead atoms. The van der Waals surface area contributed by atoms with Crippen LogP contribution in [0.5, 0.6) is 0 Å². The SMILES string of the molecule is C=C(C)C(=O)OCC(C#N)CO[Si](C)(C)C. The summed E-state index contributed by atoms with van der Waals surface area (Å²) in [7, 11) is -1.62. The van der Waals surface area contributed by atoms with Crippen LogP contribution in [0.4, 0.5) is 0 Å². The third-order valence-corrected chi connectivity index (χ3v) is 2.70. The molecular formula is C11H19NO3Si. The van der Waals surface area contributed by atoms with E-state index >= 15 is 0 Å². The Morgan fingerprint density at radius 2 is 2.00 bits per heavy atom. The molecule has 0 aliphatic carbocycles. The highest BCUT2D eigenvalue weighted by atomic mass is 28.4. The average molecular weight is 241 g/mol. The fourth-order valence-electron chi connectivity index (χ4n) is 0.773. The van der Waals surface area contributed by atoms with E-state index in [0.717, 1.165) is 0 Å². The first-order valence-corrected chi connectivity index (χ1v) is 8.53. The molecule has 0 heterocycles. The molecule has 0 aromatic heterocycles. The van der Waals surface area contributed by atoms with Gasteiger partial charge in [0.05, 0.1) is 12.7 Å². The van der Waals surface area contributed by atoms with Crippen LogP contribution < -0.4 is 0 Å². The van der Waals surface area contributed by atoms with Gasteiger partial charge in [-0.15, -0.1) is 0 Å². The third kappa shape index (κ3) is 7.21. The zero-order chi connectivity index (χ0) is 12.8. The molecule has 0 radical (unpaired) electrons. The van der Waals surface area contributed by atoms with E-state index in [1.807, 2.05) is 19.6 Å². The summed E-state index contributed by atoms with van der Waals surface area (Å²) < 4.78 is 10.5. The minimum Gasteiger partial charge on any atom is -0.461 e. The predicted molar refractivity (Wildman–Crippen MR) is 64.2 cm³/mol. The van der Waals surface area contributed by atoms with Gasteiger partial charge >= 0.3 is 5.97 Å². The summed E-state index contributed by atoms with van der Waals surface area (Å²) in [6.07, 6.45) is 0. The van der Waals surface area contributed by atoms with Gasteiger partial charge in [-0.05, 0) is 26.6 Å². The fraction of sp³-hybridized carbons (Fsp3) is 0.636. The van der Waals surface area contributed by atoms with E-state index in [1.54, 1.807) is 6.92 Å². The maximum atomic E-state index is 11.1. The van der Waals surface area contributed by atoms with Crippen molar-refractivity contribution in [3.63, 3.8) is 0 Å². The first kappa shape index (κ1) is 14.9. The third-order valence-electron chi connectivity index (χ3n) is 1.66. The summed E-state index contributed by atoms with van der Waals surface area (Å²) in [5, 5.41) is 8.85. The Labute approximate surface area is 98.0 Å². The summed E-state index contributed by atoms with van der Waals surface area (Å²) in [6, 6.07) is 2.06. The smallest absolute Gasteiger partial charge is 0.333 e. The molecule has 0 aromatic rings. The lowest BCUT2D eigenvalue weighted by atomic mass is 10.2. The Bertz CT molecular complexity index is 301. The van der Waals surface area contributed by atoms with Crippen molar-refractivity contribution in [2.75, 3.05) is 13.2 Å². The number of rotatable bonds is 6. The van der Waals surface area contributed by atoms with E-state index in [4.69, 9.17) is 14.4 Å². The van der Waals surface area contributed by atoms with Crippen molar-refractivity contribution < 1.29 is 14.0 Å². The number of nitriles is 1. The topological polar surface area (TPSA) is 59.3 Å². The summed E-state index contributed by atoms with van der Waals surface area (Å²) in [5.41, 5.74) is 0.336. The summed E-state index contributed by atoms with van der Waals surface area (Å²) in [5.74, 6) is -0.872. The first-order chi connectivity index (χ1) is 7.26. The molecule has 0 fully saturated rings. The van der Waals surface area contributed by atoms with Crippen LogP contribution in [-0.2, 0) is 14.0 Å². The lowest BCUT2D eigenvalue weighted by Gasteiger charge is -2.19. The van der Waals surface area contributed by atoms with Crippen molar-refractivity contribution >= 4 is 14.3 Å². The second-order valence-corrected chi connectivity index (χ2v) is 9.14. The number of nitrogens with zero attached hydrogens (tertiary/aromatic N) is 1. The molecule has 0 aliphatic heterocycles. The van der Waals surface area contributed by atoms with Gasteiger partial charge in [0.15, 0.2) is 8.32 Å². The van der Waals surface area contributed by atoms with Gasteiger partial charge in [-0.3, -0.25) is 0 Å². The molecule has 0 aromatic carbocycles. The zero-order valence-electron chi connectivity index (χ0n) is 10.4. The summed E-state index contributed by atoms with van der Waals surface area (Å²) in [4.78, 5) is 11.1.